The van der Waals surface area contributed by atoms with E-state index in [1.54, 1.807) is 41.5 Å². The molecule has 1 N–H and O–H groups in total. The zero-order valence-corrected chi connectivity index (χ0v) is 17.8. The van der Waals surface area contributed by atoms with Gasteiger partial charge in [-0.25, -0.2) is 9.78 Å². The van der Waals surface area contributed by atoms with Gasteiger partial charge in [-0.2, -0.15) is 0 Å². The summed E-state index contributed by atoms with van der Waals surface area (Å²) in [6.45, 7) is 2.77. The molecule has 1 fully saturated rings. The van der Waals surface area contributed by atoms with Crippen LogP contribution in [-0.2, 0) is 0 Å². The lowest BCUT2D eigenvalue weighted by Gasteiger charge is -2.34. The van der Waals surface area contributed by atoms with Gasteiger partial charge in [-0.1, -0.05) is 22.9 Å². The van der Waals surface area contributed by atoms with Crippen molar-refractivity contribution in [2.24, 2.45) is 0 Å². The maximum atomic E-state index is 12.7. The lowest BCUT2D eigenvalue weighted by Crippen LogP contribution is -2.50. The van der Waals surface area contributed by atoms with Gasteiger partial charge in [0.05, 0.1) is 16.8 Å². The van der Waals surface area contributed by atoms with Crippen LogP contribution in [0.3, 0.4) is 0 Å². The van der Waals surface area contributed by atoms with Crippen LogP contribution in [0.25, 0.3) is 10.2 Å². The van der Waals surface area contributed by atoms with E-state index in [0.29, 0.717) is 54.1 Å². The number of thiazole rings is 1. The number of rotatable bonds is 3. The fourth-order valence-electron chi connectivity index (χ4n) is 3.52. The fraction of sp³-hybridized carbons (Fsp3) is 0.300. The van der Waals surface area contributed by atoms with Crippen LogP contribution in [0.5, 0.6) is 17.2 Å². The molecule has 0 atom stereocenters. The van der Waals surface area contributed by atoms with Gasteiger partial charge in [-0.3, -0.25) is 0 Å². The predicted octanol–water partition coefficient (Wildman–Crippen LogP) is 4.04. The second-order valence-corrected chi connectivity index (χ2v) is 8.28. The summed E-state index contributed by atoms with van der Waals surface area (Å²) in [5.74, 6) is 2.04. The number of amides is 2. The van der Waals surface area contributed by atoms with Gasteiger partial charge in [0.2, 0.25) is 6.79 Å². The highest BCUT2D eigenvalue weighted by atomic mass is 35.5. The van der Waals surface area contributed by atoms with Crippen LogP contribution in [0.15, 0.2) is 30.3 Å². The normalized spacial score (nSPS) is 15.5. The minimum Gasteiger partial charge on any atom is -0.494 e. The van der Waals surface area contributed by atoms with Crippen LogP contribution in [0.2, 0.25) is 5.02 Å². The Morgan fingerprint density at radius 3 is 2.77 bits per heavy atom. The summed E-state index contributed by atoms with van der Waals surface area (Å²) in [6.07, 6.45) is 0. The van der Waals surface area contributed by atoms with E-state index in [1.165, 1.54) is 0 Å². The first kappa shape index (κ1) is 19.1. The fourth-order valence-corrected chi connectivity index (χ4v) is 4.83. The maximum absolute atomic E-state index is 12.7. The summed E-state index contributed by atoms with van der Waals surface area (Å²) in [5.41, 5.74) is 1.45. The molecule has 0 radical (unpaired) electrons. The highest BCUT2D eigenvalue weighted by molar-refractivity contribution is 7.22. The molecule has 3 heterocycles. The van der Waals surface area contributed by atoms with Crippen molar-refractivity contribution in [1.82, 2.24) is 9.88 Å². The van der Waals surface area contributed by atoms with E-state index in [1.807, 2.05) is 12.1 Å². The van der Waals surface area contributed by atoms with Crippen molar-refractivity contribution in [2.45, 2.75) is 0 Å². The number of carbonyl (C=O) groups is 1. The van der Waals surface area contributed by atoms with E-state index in [2.05, 4.69) is 10.2 Å². The number of piperazine rings is 1. The van der Waals surface area contributed by atoms with Crippen molar-refractivity contribution in [3.05, 3.63) is 35.4 Å². The summed E-state index contributed by atoms with van der Waals surface area (Å²) in [7, 11) is 1.62. The number of fused-ring (bicyclic) bond motifs is 2. The molecule has 2 amide bonds. The van der Waals surface area contributed by atoms with Gasteiger partial charge in [0.15, 0.2) is 16.6 Å². The van der Waals surface area contributed by atoms with Crippen LogP contribution in [0, 0.1) is 0 Å². The standard InChI is InChI=1S/C20H19ClN4O4S/c1-27-15-5-3-13(21)18-17(15)23-20(30-18)25-8-6-24(7-9-25)19(26)22-12-2-4-14-16(10-12)29-11-28-14/h2-5,10H,6-9,11H2,1H3,(H,22,26). The largest absolute Gasteiger partial charge is 0.494 e. The van der Waals surface area contributed by atoms with Gasteiger partial charge >= 0.3 is 6.03 Å². The number of anilines is 2. The Bertz CT molecular complexity index is 1110. The second-order valence-electron chi connectivity index (χ2n) is 6.90. The highest BCUT2D eigenvalue weighted by Gasteiger charge is 2.25. The van der Waals surface area contributed by atoms with E-state index in [0.717, 1.165) is 15.3 Å². The molecule has 0 saturated carbocycles. The molecule has 2 aliphatic rings. The van der Waals surface area contributed by atoms with Gasteiger partial charge in [0.25, 0.3) is 0 Å². The van der Waals surface area contributed by atoms with Crippen molar-refractivity contribution in [1.29, 1.82) is 0 Å². The molecule has 8 nitrogen and oxygen atoms in total. The topological polar surface area (TPSA) is 76.2 Å². The monoisotopic (exact) mass is 446 g/mol. The zero-order chi connectivity index (χ0) is 20.7. The maximum Gasteiger partial charge on any atom is 0.321 e. The van der Waals surface area contributed by atoms with Gasteiger partial charge < -0.3 is 29.3 Å². The number of aromatic nitrogens is 1. The summed E-state index contributed by atoms with van der Waals surface area (Å²) in [5, 5.41) is 4.47. The number of nitrogens with zero attached hydrogens (tertiary/aromatic N) is 3. The van der Waals surface area contributed by atoms with Crippen molar-refractivity contribution in [2.75, 3.05) is 50.3 Å². The Morgan fingerprint density at radius 1 is 1.17 bits per heavy atom. The molecule has 0 spiro atoms. The number of benzene rings is 2. The third-order valence-electron chi connectivity index (χ3n) is 5.13. The number of halogens is 1. The average molecular weight is 447 g/mol. The molecule has 10 heteroatoms. The number of hydrogen-bond acceptors (Lipinski definition) is 7. The van der Waals surface area contributed by atoms with E-state index >= 15 is 0 Å². The first-order valence-electron chi connectivity index (χ1n) is 9.46. The van der Waals surface area contributed by atoms with Crippen LogP contribution in [0.4, 0.5) is 15.6 Å². The lowest BCUT2D eigenvalue weighted by molar-refractivity contribution is 0.174. The third kappa shape index (κ3) is 3.44. The average Bonchev–Trinajstić information content (AvgIpc) is 3.41. The molecular weight excluding hydrogens is 428 g/mol. The quantitative estimate of drug-likeness (QED) is 0.654. The Morgan fingerprint density at radius 2 is 1.97 bits per heavy atom. The van der Waals surface area contributed by atoms with E-state index in [4.69, 9.17) is 30.8 Å². The first-order chi connectivity index (χ1) is 14.6. The first-order valence-corrected chi connectivity index (χ1v) is 10.7. The van der Waals surface area contributed by atoms with Crippen LogP contribution in [-0.4, -0.2) is 56.0 Å². The molecule has 156 valence electrons. The number of ether oxygens (including phenoxy) is 3. The predicted molar refractivity (Wildman–Crippen MR) is 117 cm³/mol. The molecule has 0 bridgehead atoms. The summed E-state index contributed by atoms with van der Waals surface area (Å²) < 4.78 is 17.0. The second kappa shape index (κ2) is 7.73. The third-order valence-corrected chi connectivity index (χ3v) is 6.70. The van der Waals surface area contributed by atoms with Gasteiger partial charge in [0, 0.05) is 37.9 Å². The van der Waals surface area contributed by atoms with E-state index in [-0.39, 0.29) is 12.8 Å². The summed E-state index contributed by atoms with van der Waals surface area (Å²) >= 11 is 7.88. The highest BCUT2D eigenvalue weighted by Crippen LogP contribution is 2.39. The molecule has 5 rings (SSSR count). The Labute approximate surface area is 181 Å². The molecule has 2 aliphatic heterocycles. The lowest BCUT2D eigenvalue weighted by atomic mass is 10.3. The molecule has 3 aromatic rings. The number of methoxy groups -OCH3 is 1. The number of urea groups is 1. The van der Waals surface area contributed by atoms with Crippen LogP contribution >= 0.6 is 22.9 Å². The Hall–Kier alpha value is -2.91. The minimum atomic E-state index is -0.137. The molecule has 2 aromatic carbocycles. The Kier molecular flexibility index (Phi) is 4.92. The molecule has 1 saturated heterocycles. The Balaban J connectivity index is 1.24. The molecule has 0 unspecified atom stereocenters. The summed E-state index contributed by atoms with van der Waals surface area (Å²) in [6, 6.07) is 8.88. The minimum absolute atomic E-state index is 0.137. The van der Waals surface area contributed by atoms with E-state index in [9.17, 15) is 4.79 Å². The van der Waals surface area contributed by atoms with Gasteiger partial charge in [0.1, 0.15) is 11.3 Å². The van der Waals surface area contributed by atoms with E-state index < -0.39 is 0 Å². The van der Waals surface area contributed by atoms with Gasteiger partial charge in [-0.05, 0) is 24.3 Å². The number of nitrogens with one attached hydrogen (secondary N) is 1. The van der Waals surface area contributed by atoms with Crippen LogP contribution in [0.1, 0.15) is 0 Å². The SMILES string of the molecule is COc1ccc(Cl)c2sc(N3CCN(C(=O)Nc4ccc5c(c4)OCO5)CC3)nc12. The van der Waals surface area contributed by atoms with Crippen LogP contribution < -0.4 is 24.4 Å². The molecule has 0 aliphatic carbocycles. The smallest absolute Gasteiger partial charge is 0.321 e. The van der Waals surface area contributed by atoms with Crippen molar-refractivity contribution in [3.8, 4) is 17.2 Å². The molecule has 1 aromatic heterocycles. The van der Waals surface area contributed by atoms with Crippen molar-refractivity contribution in [3.63, 3.8) is 0 Å². The number of carbonyl (C=O) groups excluding carboxylic acids is 1. The van der Waals surface area contributed by atoms with Crippen molar-refractivity contribution < 1.29 is 19.0 Å². The number of hydrogen-bond donors (Lipinski definition) is 1. The molecular formula is C20H19ClN4O4S. The summed E-state index contributed by atoms with van der Waals surface area (Å²) in [4.78, 5) is 21.4. The molecule has 30 heavy (non-hydrogen) atoms. The zero-order valence-electron chi connectivity index (χ0n) is 16.2. The van der Waals surface area contributed by atoms with Crippen molar-refractivity contribution >= 4 is 50.0 Å². The van der Waals surface area contributed by atoms with Gasteiger partial charge in [-0.15, -0.1) is 0 Å².